The first-order valence-corrected chi connectivity index (χ1v) is 17.5. The zero-order valence-corrected chi connectivity index (χ0v) is 26.5. The summed E-state index contributed by atoms with van der Waals surface area (Å²) in [7, 11) is -4.48. The van der Waals surface area contributed by atoms with Crippen LogP contribution in [0.5, 0.6) is 0 Å². The molecule has 1 aliphatic heterocycles. The minimum absolute atomic E-state index is 0.0245. The number of H-pyrrole nitrogens is 1. The van der Waals surface area contributed by atoms with Crippen molar-refractivity contribution >= 4 is 54.3 Å². The van der Waals surface area contributed by atoms with E-state index in [0.29, 0.717) is 23.1 Å². The van der Waals surface area contributed by atoms with Gasteiger partial charge in [0.15, 0.2) is 0 Å². The number of nitrogens with zero attached hydrogens (tertiary/aromatic N) is 5. The van der Waals surface area contributed by atoms with Gasteiger partial charge in [-0.2, -0.15) is 5.10 Å². The maximum atomic E-state index is 14.3. The molecule has 1 aliphatic rings. The second-order valence-electron chi connectivity index (χ2n) is 11.4. The van der Waals surface area contributed by atoms with Crippen LogP contribution in [-0.2, 0) is 27.3 Å². The second-order valence-corrected chi connectivity index (χ2v) is 15.0. The van der Waals surface area contributed by atoms with Crippen molar-refractivity contribution in [1.82, 2.24) is 28.6 Å². The predicted octanol–water partition coefficient (Wildman–Crippen LogP) is 4.57. The molecule has 11 nitrogen and oxygen atoms in total. The number of aryl methyl sites for hydroxylation is 2. The molecule has 13 heteroatoms. The number of rotatable bonds is 7. The number of fused-ring (bicyclic) bond motifs is 2. The van der Waals surface area contributed by atoms with Gasteiger partial charge in [-0.1, -0.05) is 29.8 Å². The van der Waals surface area contributed by atoms with Gasteiger partial charge in [-0.15, -0.1) is 10.7 Å². The standard InChI is InChI=1S/C32H32N8O3S2/c1-20-3-8-25(9-4-20)45(42,43)40-29-15-22(19-38-11-13-44(34)14-12-38)5-6-23(29)16-30(40)31(41)26-18-35-39(32(26)33)24-7-10-27-28(17-24)37-21(2)36-27/h3-10,15-18,34H,11-14,19,33H2,1-2H3,(H,36,37). The minimum Gasteiger partial charge on any atom is -0.383 e. The van der Waals surface area contributed by atoms with Gasteiger partial charge >= 0.3 is 0 Å². The number of carbonyl (C=O) groups is 1. The molecule has 0 amide bonds. The summed E-state index contributed by atoms with van der Waals surface area (Å²) in [5, 5.41) is 5.02. The first-order chi connectivity index (χ1) is 21.6. The molecule has 45 heavy (non-hydrogen) atoms. The van der Waals surface area contributed by atoms with Crippen LogP contribution in [-0.4, -0.2) is 67.4 Å². The van der Waals surface area contributed by atoms with Crippen molar-refractivity contribution in [2.24, 2.45) is 0 Å². The Hall–Kier alpha value is -4.59. The molecule has 3 aromatic carbocycles. The highest BCUT2D eigenvalue weighted by Crippen LogP contribution is 2.31. The van der Waals surface area contributed by atoms with Crippen molar-refractivity contribution in [2.75, 3.05) is 30.3 Å². The summed E-state index contributed by atoms with van der Waals surface area (Å²) in [6, 6.07) is 19.4. The zero-order valence-electron chi connectivity index (χ0n) is 24.8. The van der Waals surface area contributed by atoms with E-state index in [-0.39, 0.29) is 32.7 Å². The van der Waals surface area contributed by atoms with Crippen LogP contribution in [0.15, 0.2) is 77.8 Å². The second kappa shape index (κ2) is 11.1. The van der Waals surface area contributed by atoms with Crippen LogP contribution < -0.4 is 5.73 Å². The number of benzene rings is 3. The summed E-state index contributed by atoms with van der Waals surface area (Å²) >= 11 is 0. The number of anilines is 1. The van der Waals surface area contributed by atoms with E-state index < -0.39 is 15.8 Å². The molecule has 0 radical (unpaired) electrons. The Bertz CT molecular complexity index is 2240. The SMILES string of the molecule is Cc1ccc(S(=O)(=O)n2c(C(=O)c3cnn(-c4ccc5[nH]c(C)nc5c4)c3N)cc3ccc(CN4CCS(=N)CC4)cc32)cc1. The van der Waals surface area contributed by atoms with E-state index in [9.17, 15) is 13.2 Å². The molecule has 7 rings (SSSR count). The number of hydrogen-bond donors (Lipinski definition) is 3. The number of nitrogens with one attached hydrogen (secondary N) is 2. The fourth-order valence-corrected chi connectivity index (χ4v) is 8.46. The van der Waals surface area contributed by atoms with Gasteiger partial charge in [0.2, 0.25) is 5.78 Å². The van der Waals surface area contributed by atoms with E-state index in [0.717, 1.165) is 56.6 Å². The molecule has 4 N–H and O–H groups in total. The number of aromatic nitrogens is 5. The number of hydrogen-bond acceptors (Lipinski definition) is 8. The number of aromatic amines is 1. The normalized spacial score (nSPS) is 14.9. The number of nitrogens with two attached hydrogens (primary N) is 1. The van der Waals surface area contributed by atoms with Gasteiger partial charge in [0.1, 0.15) is 17.3 Å². The highest BCUT2D eigenvalue weighted by atomic mass is 32.2. The first-order valence-electron chi connectivity index (χ1n) is 14.5. The largest absolute Gasteiger partial charge is 0.383 e. The summed E-state index contributed by atoms with van der Waals surface area (Å²) < 4.78 is 39.2. The van der Waals surface area contributed by atoms with Crippen LogP contribution in [0.3, 0.4) is 0 Å². The van der Waals surface area contributed by atoms with Crippen molar-refractivity contribution in [3.05, 3.63) is 101 Å². The molecule has 1 fully saturated rings. The van der Waals surface area contributed by atoms with Gasteiger partial charge in [0, 0.05) is 36.5 Å². The van der Waals surface area contributed by atoms with E-state index in [1.807, 2.05) is 50.2 Å². The Morgan fingerprint density at radius 1 is 1.02 bits per heavy atom. The fourth-order valence-electron chi connectivity index (χ4n) is 5.79. The Kier molecular flexibility index (Phi) is 7.18. The smallest absolute Gasteiger partial charge is 0.268 e. The van der Waals surface area contributed by atoms with Gasteiger partial charge in [-0.3, -0.25) is 14.5 Å². The van der Waals surface area contributed by atoms with Crippen LogP contribution >= 0.6 is 0 Å². The van der Waals surface area contributed by atoms with Crippen LogP contribution in [0.25, 0.3) is 27.6 Å². The van der Waals surface area contributed by atoms with E-state index in [1.165, 1.54) is 10.9 Å². The van der Waals surface area contributed by atoms with Gasteiger partial charge in [0.05, 0.1) is 38.9 Å². The van der Waals surface area contributed by atoms with Crippen LogP contribution in [0, 0.1) is 18.6 Å². The lowest BCUT2D eigenvalue weighted by Crippen LogP contribution is -2.36. The highest BCUT2D eigenvalue weighted by molar-refractivity contribution is 7.90. The molecule has 6 aromatic rings. The van der Waals surface area contributed by atoms with Crippen LogP contribution in [0.4, 0.5) is 5.82 Å². The average Bonchev–Trinajstić information content (AvgIpc) is 3.71. The maximum Gasteiger partial charge on any atom is 0.268 e. The third-order valence-corrected chi connectivity index (χ3v) is 11.3. The molecule has 0 spiro atoms. The minimum atomic E-state index is -4.18. The summed E-state index contributed by atoms with van der Waals surface area (Å²) in [5.41, 5.74) is 11.1. The monoisotopic (exact) mass is 640 g/mol. The van der Waals surface area contributed by atoms with Crippen molar-refractivity contribution in [3.63, 3.8) is 0 Å². The summed E-state index contributed by atoms with van der Waals surface area (Å²) in [5.74, 6) is 1.99. The summed E-state index contributed by atoms with van der Waals surface area (Å²) in [6.45, 7) is 6.04. The van der Waals surface area contributed by atoms with Crippen molar-refractivity contribution < 1.29 is 13.2 Å². The molecule has 4 heterocycles. The van der Waals surface area contributed by atoms with E-state index in [4.69, 9.17) is 10.5 Å². The number of carbonyl (C=O) groups excluding carboxylic acids is 1. The molecule has 0 saturated carbocycles. The van der Waals surface area contributed by atoms with Crippen molar-refractivity contribution in [3.8, 4) is 5.69 Å². The maximum absolute atomic E-state index is 14.3. The molecule has 230 valence electrons. The van der Waals surface area contributed by atoms with Gasteiger partial charge in [-0.05, 0) is 61.9 Å². The Balaban J connectivity index is 1.33. The van der Waals surface area contributed by atoms with Gasteiger partial charge in [0.25, 0.3) is 10.0 Å². The van der Waals surface area contributed by atoms with E-state index in [2.05, 4.69) is 20.0 Å². The van der Waals surface area contributed by atoms with Gasteiger partial charge in [-0.25, -0.2) is 22.1 Å². The van der Waals surface area contributed by atoms with E-state index >= 15 is 0 Å². The summed E-state index contributed by atoms with van der Waals surface area (Å²) in [6.07, 6.45) is 1.38. The van der Waals surface area contributed by atoms with E-state index in [1.54, 1.807) is 30.3 Å². The lowest BCUT2D eigenvalue weighted by molar-refractivity contribution is 0.103. The third kappa shape index (κ3) is 5.26. The number of ketones is 1. The van der Waals surface area contributed by atoms with Crippen LogP contribution in [0.2, 0.25) is 0 Å². The topological polar surface area (TPSA) is 156 Å². The Morgan fingerprint density at radius 3 is 2.53 bits per heavy atom. The molecule has 0 aliphatic carbocycles. The molecule has 0 bridgehead atoms. The molecule has 0 atom stereocenters. The Labute approximate surface area is 262 Å². The lowest BCUT2D eigenvalue weighted by atomic mass is 10.1. The van der Waals surface area contributed by atoms with Gasteiger partial charge < -0.3 is 10.7 Å². The van der Waals surface area contributed by atoms with Crippen molar-refractivity contribution in [2.45, 2.75) is 25.3 Å². The number of nitrogen functional groups attached to an aromatic ring is 1. The molecular weight excluding hydrogens is 609 g/mol. The number of imidazole rings is 1. The predicted molar refractivity (Wildman–Crippen MR) is 177 cm³/mol. The molecular formula is C32H32N8O3S2. The first kappa shape index (κ1) is 29.1. The molecule has 3 aromatic heterocycles. The molecule has 1 saturated heterocycles. The lowest BCUT2D eigenvalue weighted by Gasteiger charge is -2.27. The zero-order chi connectivity index (χ0) is 31.5. The average molecular weight is 641 g/mol. The Morgan fingerprint density at radius 2 is 1.78 bits per heavy atom. The quantitative estimate of drug-likeness (QED) is 0.216. The third-order valence-electron chi connectivity index (χ3n) is 8.21. The highest BCUT2D eigenvalue weighted by Gasteiger charge is 2.29. The van der Waals surface area contributed by atoms with Crippen molar-refractivity contribution in [1.29, 1.82) is 4.78 Å². The fraction of sp³-hybridized carbons (Fsp3) is 0.219. The molecule has 0 unspecified atom stereocenters. The van der Waals surface area contributed by atoms with Crippen LogP contribution in [0.1, 0.15) is 33.0 Å². The summed E-state index contributed by atoms with van der Waals surface area (Å²) in [4.78, 5) is 24.2.